The van der Waals surface area contributed by atoms with Crippen molar-refractivity contribution in [2.24, 2.45) is 0 Å². The third kappa shape index (κ3) is 3.14. The van der Waals surface area contributed by atoms with Gasteiger partial charge in [0.15, 0.2) is 0 Å². The molecule has 2 aromatic carbocycles. The highest BCUT2D eigenvalue weighted by molar-refractivity contribution is 9.10. The molecule has 0 aliphatic carbocycles. The lowest BCUT2D eigenvalue weighted by atomic mass is 9.92. The van der Waals surface area contributed by atoms with Crippen molar-refractivity contribution in [1.82, 2.24) is 10.2 Å². The average Bonchev–Trinajstić information content (AvgIpc) is 2.80. The van der Waals surface area contributed by atoms with Gasteiger partial charge >= 0.3 is 6.03 Å². The third-order valence-corrected chi connectivity index (χ3v) is 4.50. The van der Waals surface area contributed by atoms with E-state index < -0.39 is 11.6 Å². The van der Waals surface area contributed by atoms with E-state index in [9.17, 15) is 9.59 Å². The van der Waals surface area contributed by atoms with Crippen LogP contribution in [0, 0.1) is 0 Å². The maximum Gasteiger partial charge on any atom is 0.325 e. The molecule has 1 saturated heterocycles. The van der Waals surface area contributed by atoms with E-state index in [1.54, 1.807) is 6.92 Å². The van der Waals surface area contributed by atoms with Crippen molar-refractivity contribution in [2.75, 3.05) is 13.2 Å². The Labute approximate surface area is 148 Å². The largest absolute Gasteiger partial charge is 0.492 e. The fourth-order valence-corrected chi connectivity index (χ4v) is 3.06. The number of nitrogens with zero attached hydrogens (tertiary/aromatic N) is 1. The maximum atomic E-state index is 12.7. The van der Waals surface area contributed by atoms with Gasteiger partial charge in [0.1, 0.15) is 17.9 Å². The van der Waals surface area contributed by atoms with Gasteiger partial charge in [-0.05, 0) is 30.7 Å². The van der Waals surface area contributed by atoms with Crippen LogP contribution in [0.2, 0.25) is 0 Å². The Hall–Kier alpha value is -2.34. The molecule has 1 atom stereocenters. The van der Waals surface area contributed by atoms with Crippen LogP contribution < -0.4 is 10.1 Å². The van der Waals surface area contributed by atoms with Crippen molar-refractivity contribution < 1.29 is 14.3 Å². The zero-order valence-electron chi connectivity index (χ0n) is 13.2. The summed E-state index contributed by atoms with van der Waals surface area (Å²) in [6.45, 7) is 2.15. The lowest BCUT2D eigenvalue weighted by molar-refractivity contribution is -0.131. The molecule has 5 nitrogen and oxygen atoms in total. The summed E-state index contributed by atoms with van der Waals surface area (Å²) in [5.41, 5.74) is -0.271. The number of amides is 3. The summed E-state index contributed by atoms with van der Waals surface area (Å²) < 4.78 is 6.52. The smallest absolute Gasteiger partial charge is 0.325 e. The molecule has 1 aliphatic rings. The summed E-state index contributed by atoms with van der Waals surface area (Å²) in [6.07, 6.45) is 0. The fraction of sp³-hybridized carbons (Fsp3) is 0.222. The van der Waals surface area contributed by atoms with Crippen molar-refractivity contribution in [3.8, 4) is 5.75 Å². The number of ether oxygens (including phenoxy) is 1. The van der Waals surface area contributed by atoms with Crippen molar-refractivity contribution in [3.63, 3.8) is 0 Å². The van der Waals surface area contributed by atoms with Gasteiger partial charge in [-0.1, -0.05) is 52.3 Å². The number of benzene rings is 2. The molecule has 1 N–H and O–H groups in total. The highest BCUT2D eigenvalue weighted by Crippen LogP contribution is 2.28. The van der Waals surface area contributed by atoms with Gasteiger partial charge in [-0.15, -0.1) is 0 Å². The van der Waals surface area contributed by atoms with Gasteiger partial charge in [0.25, 0.3) is 5.91 Å². The van der Waals surface area contributed by atoms with Gasteiger partial charge in [-0.25, -0.2) is 4.79 Å². The molecule has 0 bridgehead atoms. The third-order valence-electron chi connectivity index (χ3n) is 4.01. The van der Waals surface area contributed by atoms with Crippen LogP contribution >= 0.6 is 15.9 Å². The molecule has 1 heterocycles. The van der Waals surface area contributed by atoms with Crippen molar-refractivity contribution in [3.05, 3.63) is 64.6 Å². The van der Waals surface area contributed by atoms with Gasteiger partial charge in [-0.3, -0.25) is 9.69 Å². The molecule has 3 rings (SSSR count). The molecule has 0 aromatic heterocycles. The standard InChI is InChI=1S/C18H17BrN2O3/c1-18(13-6-3-2-4-7-13)16(22)21(17(23)20-18)10-11-24-15-9-5-8-14(19)12-15/h2-9,12H,10-11H2,1H3,(H,20,23)/t18-/m1/s1. The number of halogens is 1. The second kappa shape index (κ2) is 6.65. The predicted octanol–water partition coefficient (Wildman–Crippen LogP) is 3.30. The Bertz CT molecular complexity index is 766. The monoisotopic (exact) mass is 388 g/mol. The van der Waals surface area contributed by atoms with E-state index in [2.05, 4.69) is 21.2 Å². The Kier molecular flexibility index (Phi) is 4.57. The number of urea groups is 1. The van der Waals surface area contributed by atoms with E-state index >= 15 is 0 Å². The van der Waals surface area contributed by atoms with Crippen LogP contribution in [-0.2, 0) is 10.3 Å². The number of imide groups is 1. The van der Waals surface area contributed by atoms with Crippen molar-refractivity contribution >= 4 is 27.9 Å². The fourth-order valence-electron chi connectivity index (χ4n) is 2.68. The number of hydrogen-bond acceptors (Lipinski definition) is 3. The quantitative estimate of drug-likeness (QED) is 0.799. The topological polar surface area (TPSA) is 58.6 Å². The molecule has 1 aliphatic heterocycles. The van der Waals surface area contributed by atoms with Crippen LogP contribution in [0.25, 0.3) is 0 Å². The van der Waals surface area contributed by atoms with Crippen molar-refractivity contribution in [1.29, 1.82) is 0 Å². The molecule has 0 unspecified atom stereocenters. The molecule has 2 aromatic rings. The van der Waals surface area contributed by atoms with Crippen molar-refractivity contribution in [2.45, 2.75) is 12.5 Å². The zero-order valence-corrected chi connectivity index (χ0v) is 14.7. The molecule has 0 spiro atoms. The first-order valence-corrected chi connectivity index (χ1v) is 8.38. The minimum Gasteiger partial charge on any atom is -0.492 e. The molecule has 0 radical (unpaired) electrons. The number of carbonyl (C=O) groups excluding carboxylic acids is 2. The summed E-state index contributed by atoms with van der Waals surface area (Å²) in [5, 5.41) is 2.78. The first-order chi connectivity index (χ1) is 11.5. The van der Waals surface area contributed by atoms with Gasteiger partial charge in [0.2, 0.25) is 0 Å². The van der Waals surface area contributed by atoms with E-state index in [1.165, 1.54) is 4.90 Å². The number of hydrogen-bond donors (Lipinski definition) is 1. The van der Waals surface area contributed by atoms with Crippen LogP contribution in [0.5, 0.6) is 5.75 Å². The van der Waals surface area contributed by atoms with E-state index in [0.717, 1.165) is 10.0 Å². The van der Waals surface area contributed by atoms with Gasteiger partial charge < -0.3 is 10.1 Å². The molecule has 24 heavy (non-hydrogen) atoms. The molecular formula is C18H17BrN2O3. The minimum absolute atomic E-state index is 0.194. The van der Waals surface area contributed by atoms with E-state index in [1.807, 2.05) is 54.6 Å². The van der Waals surface area contributed by atoms with E-state index in [4.69, 9.17) is 4.74 Å². The lowest BCUT2D eigenvalue weighted by Crippen LogP contribution is -2.41. The predicted molar refractivity (Wildman–Crippen MR) is 93.7 cm³/mol. The summed E-state index contributed by atoms with van der Waals surface area (Å²) in [4.78, 5) is 26.1. The van der Waals surface area contributed by atoms with Gasteiger partial charge in [0, 0.05) is 4.47 Å². The molecule has 124 valence electrons. The molecule has 0 saturated carbocycles. The summed E-state index contributed by atoms with van der Waals surface area (Å²) in [5.74, 6) is 0.416. The molecular weight excluding hydrogens is 372 g/mol. The SMILES string of the molecule is C[C@]1(c2ccccc2)NC(=O)N(CCOc2cccc(Br)c2)C1=O. The second-order valence-electron chi connectivity index (χ2n) is 5.68. The second-order valence-corrected chi connectivity index (χ2v) is 6.60. The summed E-state index contributed by atoms with van der Waals surface area (Å²) in [6, 6.07) is 16.2. The van der Waals surface area contributed by atoms with Crippen LogP contribution in [-0.4, -0.2) is 30.0 Å². The highest BCUT2D eigenvalue weighted by atomic mass is 79.9. The lowest BCUT2D eigenvalue weighted by Gasteiger charge is -2.22. The highest BCUT2D eigenvalue weighted by Gasteiger charge is 2.48. The Morgan fingerprint density at radius 2 is 1.88 bits per heavy atom. The van der Waals surface area contributed by atoms with Gasteiger partial charge in [-0.2, -0.15) is 0 Å². The Morgan fingerprint density at radius 3 is 2.58 bits per heavy atom. The molecule has 1 fully saturated rings. The van der Waals surface area contributed by atoms with Crippen LogP contribution in [0.1, 0.15) is 12.5 Å². The molecule has 3 amide bonds. The minimum atomic E-state index is -1.03. The first-order valence-electron chi connectivity index (χ1n) is 7.59. The first kappa shape index (κ1) is 16.5. The van der Waals surface area contributed by atoms with Crippen LogP contribution in [0.3, 0.4) is 0 Å². The van der Waals surface area contributed by atoms with Crippen LogP contribution in [0.15, 0.2) is 59.1 Å². The molecule has 6 heteroatoms. The number of nitrogens with one attached hydrogen (secondary N) is 1. The average molecular weight is 389 g/mol. The van der Waals surface area contributed by atoms with Crippen LogP contribution in [0.4, 0.5) is 4.79 Å². The zero-order chi connectivity index (χ0) is 17.2. The number of rotatable bonds is 5. The summed E-state index contributed by atoms with van der Waals surface area (Å²) in [7, 11) is 0. The normalized spacial score (nSPS) is 20.2. The Morgan fingerprint density at radius 1 is 1.12 bits per heavy atom. The Balaban J connectivity index is 1.67. The van der Waals surface area contributed by atoms with E-state index in [0.29, 0.717) is 5.75 Å². The van der Waals surface area contributed by atoms with E-state index in [-0.39, 0.29) is 19.1 Å². The maximum absolute atomic E-state index is 12.7. The summed E-state index contributed by atoms with van der Waals surface area (Å²) >= 11 is 3.37. The number of carbonyl (C=O) groups is 2. The van der Waals surface area contributed by atoms with Gasteiger partial charge in [0.05, 0.1) is 6.54 Å².